The minimum atomic E-state index is -0.303. The van der Waals surface area contributed by atoms with E-state index in [1.165, 1.54) is 0 Å². The summed E-state index contributed by atoms with van der Waals surface area (Å²) in [6.07, 6.45) is 5.90. The maximum absolute atomic E-state index is 13.3. The van der Waals surface area contributed by atoms with Crippen molar-refractivity contribution in [2.75, 3.05) is 14.2 Å². The largest absolute Gasteiger partial charge is 0.497 e. The summed E-state index contributed by atoms with van der Waals surface area (Å²) in [4.78, 5) is 15.2. The maximum Gasteiger partial charge on any atom is 0.254 e. The molecule has 0 bridgehead atoms. The van der Waals surface area contributed by atoms with Crippen molar-refractivity contribution in [2.24, 2.45) is 0 Å². The number of terminal acetylenes is 1. The molecule has 154 valence electrons. The first-order valence-electron chi connectivity index (χ1n) is 10.00. The number of carbonyl (C=O) groups is 1. The van der Waals surface area contributed by atoms with Crippen molar-refractivity contribution in [3.05, 3.63) is 101 Å². The minimum absolute atomic E-state index is 0.0626. The first-order chi connectivity index (χ1) is 15.2. The average Bonchev–Trinajstić information content (AvgIpc) is 2.83. The molecule has 1 aliphatic heterocycles. The van der Waals surface area contributed by atoms with Gasteiger partial charge in [-0.25, -0.2) is 0 Å². The van der Waals surface area contributed by atoms with Gasteiger partial charge in [0.15, 0.2) is 0 Å². The molecular weight excluding hydrogens is 386 g/mol. The molecule has 3 aromatic rings. The molecule has 1 aliphatic rings. The zero-order chi connectivity index (χ0) is 21.8. The summed E-state index contributed by atoms with van der Waals surface area (Å²) in [5.74, 6) is 4.02. The second kappa shape index (κ2) is 8.81. The van der Waals surface area contributed by atoms with Crippen LogP contribution in [0.2, 0.25) is 0 Å². The van der Waals surface area contributed by atoms with Crippen LogP contribution in [0, 0.1) is 12.3 Å². The third-order valence-electron chi connectivity index (χ3n) is 5.44. The van der Waals surface area contributed by atoms with Gasteiger partial charge in [-0.15, -0.1) is 6.42 Å². The summed E-state index contributed by atoms with van der Waals surface area (Å²) < 4.78 is 10.9. The number of nitrogens with zero attached hydrogens (tertiary/aromatic N) is 1. The van der Waals surface area contributed by atoms with E-state index in [1.54, 1.807) is 14.2 Å². The lowest BCUT2D eigenvalue weighted by Gasteiger charge is -2.44. The normalized spacial score (nSPS) is 16.9. The predicted molar refractivity (Wildman–Crippen MR) is 121 cm³/mol. The zero-order valence-corrected chi connectivity index (χ0v) is 17.5. The van der Waals surface area contributed by atoms with Crippen molar-refractivity contribution in [1.82, 2.24) is 4.90 Å². The lowest BCUT2D eigenvalue weighted by atomic mass is 9.82. The van der Waals surface area contributed by atoms with Crippen molar-refractivity contribution in [1.29, 1.82) is 0 Å². The highest BCUT2D eigenvalue weighted by Gasteiger charge is 2.45. The zero-order valence-electron chi connectivity index (χ0n) is 17.5. The monoisotopic (exact) mass is 409 g/mol. The standard InChI is InChI=1S/C27H23NO3/c1-4-24(20-13-9-6-10-14-20)25-26(21-15-22(30-2)17-23(16-21)31-3)28(27(25)29)18-19-11-7-5-8-12-19/h1,5-17,26H,18H2,2-3H3/b25-24-. The fourth-order valence-corrected chi connectivity index (χ4v) is 3.92. The van der Waals surface area contributed by atoms with Gasteiger partial charge in [0.25, 0.3) is 5.91 Å². The van der Waals surface area contributed by atoms with Gasteiger partial charge in [0.05, 0.1) is 25.8 Å². The summed E-state index contributed by atoms with van der Waals surface area (Å²) in [6.45, 7) is 0.486. The second-order valence-electron chi connectivity index (χ2n) is 7.27. The van der Waals surface area contributed by atoms with Gasteiger partial charge in [-0.3, -0.25) is 4.79 Å². The number of β-lactam (4-membered cyclic amide) rings is 1. The van der Waals surface area contributed by atoms with E-state index in [4.69, 9.17) is 15.9 Å². The molecule has 31 heavy (non-hydrogen) atoms. The number of hydrogen-bond acceptors (Lipinski definition) is 3. The molecule has 0 aliphatic carbocycles. The van der Waals surface area contributed by atoms with Crippen molar-refractivity contribution >= 4 is 11.5 Å². The number of ether oxygens (including phenoxy) is 2. The highest BCUT2D eigenvalue weighted by atomic mass is 16.5. The van der Waals surface area contributed by atoms with Gasteiger partial charge < -0.3 is 14.4 Å². The van der Waals surface area contributed by atoms with Crippen LogP contribution in [0.15, 0.2) is 84.4 Å². The number of likely N-dealkylation sites (tertiary alicyclic amines) is 1. The smallest absolute Gasteiger partial charge is 0.254 e. The summed E-state index contributed by atoms with van der Waals surface area (Å²) in [6, 6.07) is 24.9. The highest BCUT2D eigenvalue weighted by Crippen LogP contribution is 2.46. The maximum atomic E-state index is 13.3. The number of rotatable bonds is 6. The quantitative estimate of drug-likeness (QED) is 0.331. The Bertz CT molecular complexity index is 1140. The summed E-state index contributed by atoms with van der Waals surface area (Å²) in [5.41, 5.74) is 4.02. The van der Waals surface area contributed by atoms with Crippen LogP contribution < -0.4 is 9.47 Å². The number of benzene rings is 3. The third kappa shape index (κ3) is 3.91. The Labute approximate surface area is 182 Å². The molecule has 1 heterocycles. The van der Waals surface area contributed by atoms with Crippen LogP contribution in [0.3, 0.4) is 0 Å². The molecule has 3 aromatic carbocycles. The first-order valence-corrected chi connectivity index (χ1v) is 10.00. The van der Waals surface area contributed by atoms with Gasteiger partial charge in [-0.2, -0.15) is 0 Å². The molecule has 1 fully saturated rings. The molecular formula is C27H23NO3. The van der Waals surface area contributed by atoms with E-state index < -0.39 is 0 Å². The molecule has 0 aromatic heterocycles. The average molecular weight is 409 g/mol. The van der Waals surface area contributed by atoms with Crippen LogP contribution in [0.25, 0.3) is 5.57 Å². The van der Waals surface area contributed by atoms with Gasteiger partial charge in [-0.05, 0) is 28.8 Å². The van der Waals surface area contributed by atoms with Gasteiger partial charge in [0.2, 0.25) is 0 Å². The van der Waals surface area contributed by atoms with Crippen LogP contribution in [0.1, 0.15) is 22.7 Å². The van der Waals surface area contributed by atoms with Crippen molar-refractivity contribution < 1.29 is 14.3 Å². The topological polar surface area (TPSA) is 38.8 Å². The molecule has 1 saturated heterocycles. The molecule has 4 nitrogen and oxygen atoms in total. The Kier molecular flexibility index (Phi) is 5.77. The molecule has 1 amide bonds. The van der Waals surface area contributed by atoms with E-state index in [2.05, 4.69) is 5.92 Å². The molecule has 0 saturated carbocycles. The number of methoxy groups -OCH3 is 2. The summed E-state index contributed by atoms with van der Waals surface area (Å²) >= 11 is 0. The van der Waals surface area contributed by atoms with Crippen LogP contribution in [0.5, 0.6) is 11.5 Å². The Morgan fingerprint density at radius 3 is 2.06 bits per heavy atom. The van der Waals surface area contributed by atoms with Crippen LogP contribution in [0.4, 0.5) is 0 Å². The number of amides is 1. The SMILES string of the molecule is C#C/C(=C1/C(=O)N(Cc2ccccc2)C1c1cc(OC)cc(OC)c1)c1ccccc1. The lowest BCUT2D eigenvalue weighted by Crippen LogP contribution is -2.48. The summed E-state index contributed by atoms with van der Waals surface area (Å²) in [7, 11) is 3.22. The third-order valence-corrected chi connectivity index (χ3v) is 5.44. The Hall–Kier alpha value is -3.97. The fourth-order valence-electron chi connectivity index (χ4n) is 3.92. The van der Waals surface area contributed by atoms with Crippen LogP contribution >= 0.6 is 0 Å². The Balaban J connectivity index is 1.85. The first kappa shape index (κ1) is 20.3. The molecule has 0 spiro atoms. The van der Waals surface area contributed by atoms with Crippen molar-refractivity contribution in [3.8, 4) is 23.8 Å². The molecule has 4 heteroatoms. The van der Waals surface area contributed by atoms with Crippen molar-refractivity contribution in [3.63, 3.8) is 0 Å². The Morgan fingerprint density at radius 1 is 0.935 bits per heavy atom. The molecule has 0 N–H and O–H groups in total. The molecule has 0 radical (unpaired) electrons. The highest BCUT2D eigenvalue weighted by molar-refractivity contribution is 6.11. The lowest BCUT2D eigenvalue weighted by molar-refractivity contribution is -0.138. The fraction of sp³-hybridized carbons (Fsp3) is 0.148. The van der Waals surface area contributed by atoms with Crippen LogP contribution in [-0.2, 0) is 11.3 Å². The van der Waals surface area contributed by atoms with Gasteiger partial charge >= 0.3 is 0 Å². The van der Waals surface area contributed by atoms with E-state index in [9.17, 15) is 4.79 Å². The molecule has 1 atom stereocenters. The minimum Gasteiger partial charge on any atom is -0.497 e. The van der Waals surface area contributed by atoms with E-state index in [0.717, 1.165) is 16.7 Å². The van der Waals surface area contributed by atoms with Gasteiger partial charge in [-0.1, -0.05) is 66.6 Å². The Morgan fingerprint density at radius 2 is 1.52 bits per heavy atom. The molecule has 4 rings (SSSR count). The predicted octanol–water partition coefficient (Wildman–Crippen LogP) is 4.87. The number of hydrogen-bond donors (Lipinski definition) is 0. The second-order valence-corrected chi connectivity index (χ2v) is 7.27. The number of carbonyl (C=O) groups excluding carboxylic acids is 1. The van der Waals surface area contributed by atoms with E-state index in [1.807, 2.05) is 83.8 Å². The molecule has 1 unspecified atom stereocenters. The van der Waals surface area contributed by atoms with E-state index >= 15 is 0 Å². The van der Waals surface area contributed by atoms with Gasteiger partial charge in [0.1, 0.15) is 11.5 Å². The van der Waals surface area contributed by atoms with Crippen molar-refractivity contribution in [2.45, 2.75) is 12.6 Å². The van der Waals surface area contributed by atoms with Gasteiger partial charge in [0, 0.05) is 18.2 Å². The van der Waals surface area contributed by atoms with Crippen LogP contribution in [-0.4, -0.2) is 25.0 Å². The number of allylic oxidation sites excluding steroid dienone is 1. The van der Waals surface area contributed by atoms with E-state index in [0.29, 0.717) is 29.2 Å². The van der Waals surface area contributed by atoms with E-state index in [-0.39, 0.29) is 11.9 Å². The summed E-state index contributed by atoms with van der Waals surface area (Å²) in [5, 5.41) is 0.